The molecular formula is C35H47N5O7. The first-order valence-electron chi connectivity index (χ1n) is 16.5. The highest BCUT2D eigenvalue weighted by atomic mass is 16.6. The summed E-state index contributed by atoms with van der Waals surface area (Å²) in [5.74, 6) is -0.265. The molecule has 5 N–H and O–H groups in total. The first kappa shape index (κ1) is 33.3. The molecule has 0 bridgehead atoms. The Morgan fingerprint density at radius 3 is 2.64 bits per heavy atom. The maximum atomic E-state index is 13.6. The van der Waals surface area contributed by atoms with Crippen LogP contribution >= 0.6 is 0 Å². The number of nitrogens with one attached hydrogen (secondary N) is 2. The summed E-state index contributed by atoms with van der Waals surface area (Å²) >= 11 is 0. The van der Waals surface area contributed by atoms with Crippen LogP contribution in [-0.2, 0) is 19.1 Å². The van der Waals surface area contributed by atoms with E-state index in [1.165, 1.54) is 0 Å². The fraction of sp³-hybridized carbons (Fsp3) is 0.600. The summed E-state index contributed by atoms with van der Waals surface area (Å²) in [4.78, 5) is 37.0. The molecule has 3 heterocycles. The standard InChI is InChI=1S/C35H47N5O7/c1-20(30(44)39-32-36-12-13-37-32)38-25(24-16-23(47-31(24)45)14-21-6-7-22(40(4)5)15-26(21)42)17-28-33(2)10-9-29(43)34(3,18-41)27(33)8-11-35(28)19-46-35/h6-7,12,14-16,20,25,27-29,38,41-43H,8-11,13,17-19H2,1-5H3,(H,37,39,44)/b23-14+/t20?,25?,27?,28?,29-,33+,34+,35?/m1/s1. The summed E-state index contributed by atoms with van der Waals surface area (Å²) in [7, 11) is 3.77. The monoisotopic (exact) mass is 649 g/mol. The lowest BCUT2D eigenvalue weighted by atomic mass is 9.44. The van der Waals surface area contributed by atoms with Crippen LogP contribution < -0.4 is 15.5 Å². The molecule has 12 nitrogen and oxygen atoms in total. The van der Waals surface area contributed by atoms with Gasteiger partial charge in [0.25, 0.3) is 0 Å². The highest BCUT2D eigenvalue weighted by molar-refractivity contribution is 6.04. The third kappa shape index (κ3) is 6.12. The van der Waals surface area contributed by atoms with E-state index in [2.05, 4.69) is 27.5 Å². The number of hydrogen-bond acceptors (Lipinski definition) is 11. The van der Waals surface area contributed by atoms with Crippen LogP contribution in [-0.4, -0.2) is 97.0 Å². The number of anilines is 1. The van der Waals surface area contributed by atoms with Crippen LogP contribution in [0.5, 0.6) is 5.75 Å². The van der Waals surface area contributed by atoms with Gasteiger partial charge in [-0.15, -0.1) is 0 Å². The van der Waals surface area contributed by atoms with Crippen molar-refractivity contribution < 1.29 is 34.4 Å². The number of epoxide rings is 1. The number of esters is 1. The Hall–Kier alpha value is -3.58. The van der Waals surface area contributed by atoms with Crippen molar-refractivity contribution in [3.63, 3.8) is 0 Å². The van der Waals surface area contributed by atoms with Gasteiger partial charge in [-0.3, -0.25) is 15.4 Å². The number of rotatable bonds is 9. The van der Waals surface area contributed by atoms with E-state index in [4.69, 9.17) is 9.47 Å². The number of phenols is 1. The predicted octanol–water partition coefficient (Wildman–Crippen LogP) is 2.53. The molecule has 0 radical (unpaired) electrons. The van der Waals surface area contributed by atoms with E-state index in [1.54, 1.807) is 37.4 Å². The molecule has 12 heteroatoms. The van der Waals surface area contributed by atoms with Crippen LogP contribution in [0, 0.1) is 22.7 Å². The molecule has 1 saturated heterocycles. The number of cyclic esters (lactones) is 1. The molecule has 1 spiro atoms. The normalized spacial score (nSPS) is 34.8. The van der Waals surface area contributed by atoms with Crippen molar-refractivity contribution in [2.24, 2.45) is 32.7 Å². The van der Waals surface area contributed by atoms with E-state index >= 15 is 0 Å². The van der Waals surface area contributed by atoms with Gasteiger partial charge in [-0.05, 0) is 80.6 Å². The Morgan fingerprint density at radius 1 is 1.23 bits per heavy atom. The summed E-state index contributed by atoms with van der Waals surface area (Å²) in [6.45, 7) is 6.85. The van der Waals surface area contributed by atoms with Crippen LogP contribution in [0.25, 0.3) is 6.08 Å². The lowest BCUT2D eigenvalue weighted by molar-refractivity contribution is -0.177. The van der Waals surface area contributed by atoms with Crippen LogP contribution in [0.2, 0.25) is 0 Å². The zero-order valence-corrected chi connectivity index (χ0v) is 27.8. The fourth-order valence-corrected chi connectivity index (χ4v) is 8.61. The van der Waals surface area contributed by atoms with Crippen molar-refractivity contribution >= 4 is 35.8 Å². The Kier molecular flexibility index (Phi) is 8.84. The van der Waals surface area contributed by atoms with E-state index in [9.17, 15) is 24.9 Å². The van der Waals surface area contributed by atoms with Gasteiger partial charge in [0.1, 0.15) is 11.5 Å². The van der Waals surface area contributed by atoms with Gasteiger partial charge in [0.15, 0.2) is 0 Å². The molecule has 1 aromatic rings. The maximum Gasteiger partial charge on any atom is 0.341 e. The first-order chi connectivity index (χ1) is 22.3. The predicted molar refractivity (Wildman–Crippen MR) is 178 cm³/mol. The van der Waals surface area contributed by atoms with Crippen LogP contribution in [0.15, 0.2) is 45.6 Å². The molecule has 3 aliphatic heterocycles. The lowest BCUT2D eigenvalue weighted by Crippen LogP contribution is -2.61. The van der Waals surface area contributed by atoms with Gasteiger partial charge < -0.3 is 29.7 Å². The molecule has 5 unspecified atom stereocenters. The number of aromatic hydroxyl groups is 1. The van der Waals surface area contributed by atoms with E-state index in [0.29, 0.717) is 37.1 Å². The second kappa shape index (κ2) is 12.5. The number of aliphatic imine (C=N–C) groups is 2. The number of carbonyl (C=O) groups is 2. The highest BCUT2D eigenvalue weighted by Crippen LogP contribution is 2.66. The molecule has 2 aliphatic carbocycles. The molecule has 254 valence electrons. The van der Waals surface area contributed by atoms with Crippen molar-refractivity contribution in [2.75, 3.05) is 38.8 Å². The summed E-state index contributed by atoms with van der Waals surface area (Å²) in [5, 5.41) is 38.4. The smallest absolute Gasteiger partial charge is 0.341 e. The van der Waals surface area contributed by atoms with Crippen molar-refractivity contribution in [3.8, 4) is 5.75 Å². The van der Waals surface area contributed by atoms with Crippen molar-refractivity contribution in [1.82, 2.24) is 10.6 Å². The van der Waals surface area contributed by atoms with Gasteiger partial charge in [-0.2, -0.15) is 0 Å². The third-order valence-corrected chi connectivity index (χ3v) is 11.5. The molecule has 2 saturated carbocycles. The summed E-state index contributed by atoms with van der Waals surface area (Å²) in [6.07, 6.45) is 7.72. The number of allylic oxidation sites excluding steroid dienone is 1. The number of amides is 1. The van der Waals surface area contributed by atoms with Gasteiger partial charge in [0.2, 0.25) is 11.9 Å². The molecule has 1 amide bonds. The van der Waals surface area contributed by atoms with Crippen LogP contribution in [0.4, 0.5) is 5.69 Å². The fourth-order valence-electron chi connectivity index (χ4n) is 8.61. The second-order valence-corrected chi connectivity index (χ2v) is 14.5. The Balaban J connectivity index is 1.34. The molecule has 1 aromatic carbocycles. The Bertz CT molecular complexity index is 1550. The SMILES string of the molecule is CC(NC(CC1C2(CCC3[C@]1(C)CC[C@@H](O)[C@@]3(C)CO)CO2)C1=C/C(=C\c2ccc(N(C)C)cc2O)OC1=O)C(=O)NC1=NCC=N1. The van der Waals surface area contributed by atoms with Crippen molar-refractivity contribution in [2.45, 2.75) is 76.7 Å². The summed E-state index contributed by atoms with van der Waals surface area (Å²) in [6, 6.07) is 3.96. The van der Waals surface area contributed by atoms with Gasteiger partial charge in [-0.1, -0.05) is 13.8 Å². The highest BCUT2D eigenvalue weighted by Gasteiger charge is 2.67. The number of aliphatic hydroxyl groups is 2. The minimum Gasteiger partial charge on any atom is -0.507 e. The quantitative estimate of drug-likeness (QED) is 0.199. The molecule has 3 fully saturated rings. The molecule has 5 aliphatic rings. The second-order valence-electron chi connectivity index (χ2n) is 14.5. The minimum absolute atomic E-state index is 0.0342. The molecule has 0 aromatic heterocycles. The first-order valence-corrected chi connectivity index (χ1v) is 16.5. The zero-order valence-electron chi connectivity index (χ0n) is 27.8. The average molecular weight is 650 g/mol. The topological polar surface area (TPSA) is 169 Å². The number of ether oxygens (including phenoxy) is 2. The van der Waals surface area contributed by atoms with Gasteiger partial charge in [0.05, 0.1) is 43.1 Å². The van der Waals surface area contributed by atoms with Crippen LogP contribution in [0.3, 0.4) is 0 Å². The largest absolute Gasteiger partial charge is 0.507 e. The minimum atomic E-state index is -0.720. The summed E-state index contributed by atoms with van der Waals surface area (Å²) < 4.78 is 11.9. The lowest BCUT2D eigenvalue weighted by Gasteiger charge is -2.61. The number of guanidine groups is 1. The van der Waals surface area contributed by atoms with E-state index < -0.39 is 29.6 Å². The van der Waals surface area contributed by atoms with Gasteiger partial charge in [-0.25, -0.2) is 14.8 Å². The number of hydrogen-bond donors (Lipinski definition) is 5. The van der Waals surface area contributed by atoms with Gasteiger partial charge >= 0.3 is 5.97 Å². The molecular weight excluding hydrogens is 602 g/mol. The number of phenolic OH excluding ortho intramolecular Hbond substituents is 1. The zero-order chi connectivity index (χ0) is 33.7. The van der Waals surface area contributed by atoms with E-state index in [0.717, 1.165) is 24.9 Å². The number of carbonyl (C=O) groups excluding carboxylic acids is 2. The molecule has 47 heavy (non-hydrogen) atoms. The number of benzene rings is 1. The van der Waals surface area contributed by atoms with Crippen molar-refractivity contribution in [1.29, 1.82) is 0 Å². The molecule has 6 rings (SSSR count). The average Bonchev–Trinajstić information content (AvgIpc) is 3.42. The number of nitrogens with zero attached hydrogens (tertiary/aromatic N) is 3. The Labute approximate surface area is 275 Å². The van der Waals surface area contributed by atoms with E-state index in [-0.39, 0.29) is 52.8 Å². The number of fused-ring (bicyclic) bond motifs is 1. The summed E-state index contributed by atoms with van der Waals surface area (Å²) in [5.41, 5.74) is 0.377. The van der Waals surface area contributed by atoms with Gasteiger partial charge in [0, 0.05) is 49.1 Å². The third-order valence-electron chi connectivity index (χ3n) is 11.5. The maximum absolute atomic E-state index is 13.6. The van der Waals surface area contributed by atoms with Crippen molar-refractivity contribution in [3.05, 3.63) is 41.2 Å². The Morgan fingerprint density at radius 2 is 2.00 bits per heavy atom. The molecule has 8 atom stereocenters. The number of aliphatic hydroxyl groups excluding tert-OH is 2. The van der Waals surface area contributed by atoms with E-state index in [1.807, 2.05) is 32.0 Å². The van der Waals surface area contributed by atoms with Crippen LogP contribution in [0.1, 0.15) is 58.4 Å².